The van der Waals surface area contributed by atoms with Gasteiger partial charge in [0.05, 0.1) is 11.3 Å². The predicted molar refractivity (Wildman–Crippen MR) is 65.6 cm³/mol. The van der Waals surface area contributed by atoms with Crippen LogP contribution in [0.15, 0.2) is 12.1 Å². The van der Waals surface area contributed by atoms with Crippen LogP contribution in [-0.4, -0.2) is 28.0 Å². The summed E-state index contributed by atoms with van der Waals surface area (Å²) < 4.78 is 0. The van der Waals surface area contributed by atoms with Crippen molar-refractivity contribution in [2.45, 2.75) is 32.7 Å². The summed E-state index contributed by atoms with van der Waals surface area (Å²) in [5.41, 5.74) is 0.762. The second-order valence-corrected chi connectivity index (χ2v) is 4.88. The van der Waals surface area contributed by atoms with E-state index in [-0.39, 0.29) is 23.2 Å². The lowest BCUT2D eigenvalue weighted by Gasteiger charge is -2.33. The molecule has 1 aromatic rings. The summed E-state index contributed by atoms with van der Waals surface area (Å²) in [6.07, 6.45) is 2.00. The van der Waals surface area contributed by atoms with Crippen molar-refractivity contribution in [1.82, 2.24) is 10.3 Å². The Morgan fingerprint density at radius 1 is 1.39 bits per heavy atom. The van der Waals surface area contributed by atoms with E-state index in [0.29, 0.717) is 11.6 Å². The zero-order valence-electron chi connectivity index (χ0n) is 10.4. The minimum Gasteiger partial charge on any atom is -0.478 e. The number of carboxylic acid groups (broad SMARTS) is 1. The number of amides is 1. The Hall–Kier alpha value is -1.91. The highest BCUT2D eigenvalue weighted by Crippen LogP contribution is 2.26. The predicted octanol–water partition coefficient (Wildman–Crippen LogP) is 1.62. The summed E-state index contributed by atoms with van der Waals surface area (Å²) >= 11 is 0. The molecule has 1 aliphatic rings. The molecule has 1 aromatic heterocycles. The largest absolute Gasteiger partial charge is 0.478 e. The number of rotatable bonds is 3. The van der Waals surface area contributed by atoms with Gasteiger partial charge in [-0.05, 0) is 37.8 Å². The van der Waals surface area contributed by atoms with Gasteiger partial charge in [-0.3, -0.25) is 4.79 Å². The first-order valence-corrected chi connectivity index (χ1v) is 5.99. The summed E-state index contributed by atoms with van der Waals surface area (Å²) in [5.74, 6) is -0.592. The number of carboxylic acids is 1. The van der Waals surface area contributed by atoms with Crippen LogP contribution in [0.25, 0.3) is 0 Å². The molecule has 0 spiro atoms. The van der Waals surface area contributed by atoms with Crippen LogP contribution < -0.4 is 5.32 Å². The lowest BCUT2D eigenvalue weighted by molar-refractivity contribution is 0.0694. The molecule has 1 fully saturated rings. The van der Waals surface area contributed by atoms with Gasteiger partial charge in [0.15, 0.2) is 0 Å². The summed E-state index contributed by atoms with van der Waals surface area (Å²) in [6, 6.07) is 3.10. The van der Waals surface area contributed by atoms with E-state index in [9.17, 15) is 9.59 Å². The fourth-order valence-corrected chi connectivity index (χ4v) is 2.19. The van der Waals surface area contributed by atoms with Crippen molar-refractivity contribution in [1.29, 1.82) is 0 Å². The number of nitrogens with one attached hydrogen (secondary N) is 1. The van der Waals surface area contributed by atoms with Gasteiger partial charge in [0.25, 0.3) is 5.91 Å². The molecule has 1 amide bonds. The van der Waals surface area contributed by atoms with Crippen molar-refractivity contribution in [2.75, 3.05) is 0 Å². The monoisotopic (exact) mass is 248 g/mol. The molecule has 0 bridgehead atoms. The molecule has 18 heavy (non-hydrogen) atoms. The third-order valence-corrected chi connectivity index (χ3v) is 3.26. The number of nitrogens with zero attached hydrogens (tertiary/aromatic N) is 1. The second-order valence-electron chi connectivity index (χ2n) is 4.88. The first-order valence-electron chi connectivity index (χ1n) is 5.99. The molecule has 0 unspecified atom stereocenters. The fourth-order valence-electron chi connectivity index (χ4n) is 2.19. The lowest BCUT2D eigenvalue weighted by Crippen LogP contribution is -2.43. The van der Waals surface area contributed by atoms with E-state index in [2.05, 4.69) is 17.2 Å². The van der Waals surface area contributed by atoms with Crippen molar-refractivity contribution in [3.05, 3.63) is 29.1 Å². The molecule has 1 heterocycles. The van der Waals surface area contributed by atoms with Crippen molar-refractivity contribution >= 4 is 11.9 Å². The average molecular weight is 248 g/mol. The van der Waals surface area contributed by atoms with Crippen molar-refractivity contribution < 1.29 is 14.7 Å². The minimum absolute atomic E-state index is 0.129. The SMILES string of the molecule is Cc1nc(C(=O)NC2CC(C)C2)ccc1C(=O)O. The molecule has 0 aromatic carbocycles. The van der Waals surface area contributed by atoms with Crippen LogP contribution in [0.4, 0.5) is 0 Å². The third kappa shape index (κ3) is 2.50. The highest BCUT2D eigenvalue weighted by atomic mass is 16.4. The van der Waals surface area contributed by atoms with Gasteiger partial charge in [-0.2, -0.15) is 0 Å². The maximum Gasteiger partial charge on any atom is 0.337 e. The molecule has 1 saturated carbocycles. The van der Waals surface area contributed by atoms with Gasteiger partial charge in [0.1, 0.15) is 5.69 Å². The number of aromatic carboxylic acids is 1. The van der Waals surface area contributed by atoms with E-state index >= 15 is 0 Å². The smallest absolute Gasteiger partial charge is 0.337 e. The zero-order chi connectivity index (χ0) is 13.3. The highest BCUT2D eigenvalue weighted by Gasteiger charge is 2.27. The summed E-state index contributed by atoms with van der Waals surface area (Å²) in [4.78, 5) is 26.7. The Morgan fingerprint density at radius 2 is 2.06 bits per heavy atom. The maximum absolute atomic E-state index is 11.9. The van der Waals surface area contributed by atoms with Gasteiger partial charge >= 0.3 is 5.97 Å². The summed E-state index contributed by atoms with van der Waals surface area (Å²) in [5, 5.41) is 11.8. The van der Waals surface area contributed by atoms with Crippen LogP contribution in [0.2, 0.25) is 0 Å². The van der Waals surface area contributed by atoms with E-state index in [0.717, 1.165) is 12.8 Å². The van der Waals surface area contributed by atoms with Gasteiger partial charge in [-0.1, -0.05) is 6.92 Å². The Bertz CT molecular complexity index is 493. The van der Waals surface area contributed by atoms with Crippen LogP contribution >= 0.6 is 0 Å². The molecule has 0 saturated heterocycles. The number of carbonyl (C=O) groups is 2. The quantitative estimate of drug-likeness (QED) is 0.851. The minimum atomic E-state index is -1.03. The molecule has 96 valence electrons. The van der Waals surface area contributed by atoms with Gasteiger partial charge in [-0.25, -0.2) is 9.78 Å². The Kier molecular flexibility index (Phi) is 3.32. The molecule has 5 nitrogen and oxygen atoms in total. The molecule has 0 atom stereocenters. The van der Waals surface area contributed by atoms with E-state index in [1.54, 1.807) is 6.92 Å². The highest BCUT2D eigenvalue weighted by molar-refractivity contribution is 5.94. The zero-order valence-corrected chi connectivity index (χ0v) is 10.4. The van der Waals surface area contributed by atoms with Crippen molar-refractivity contribution in [3.8, 4) is 0 Å². The van der Waals surface area contributed by atoms with Gasteiger partial charge in [0.2, 0.25) is 0 Å². The normalized spacial score (nSPS) is 22.1. The van der Waals surface area contributed by atoms with Crippen LogP contribution in [0.1, 0.15) is 46.3 Å². The maximum atomic E-state index is 11.9. The summed E-state index contributed by atoms with van der Waals surface area (Å²) in [7, 11) is 0. The van der Waals surface area contributed by atoms with Crippen molar-refractivity contribution in [3.63, 3.8) is 0 Å². The number of carbonyl (C=O) groups excluding carboxylic acids is 1. The Morgan fingerprint density at radius 3 is 2.56 bits per heavy atom. The van der Waals surface area contributed by atoms with Crippen LogP contribution in [-0.2, 0) is 0 Å². The molecule has 5 heteroatoms. The van der Waals surface area contributed by atoms with E-state index < -0.39 is 5.97 Å². The topological polar surface area (TPSA) is 79.3 Å². The van der Waals surface area contributed by atoms with Gasteiger partial charge in [0, 0.05) is 6.04 Å². The van der Waals surface area contributed by atoms with E-state index in [1.807, 2.05) is 0 Å². The number of pyridine rings is 1. The third-order valence-electron chi connectivity index (χ3n) is 3.26. The first kappa shape index (κ1) is 12.5. The molecule has 2 N–H and O–H groups in total. The number of aryl methyl sites for hydroxylation is 1. The van der Waals surface area contributed by atoms with Gasteiger partial charge < -0.3 is 10.4 Å². The molecule has 0 radical (unpaired) electrons. The van der Waals surface area contributed by atoms with Crippen LogP contribution in [0.5, 0.6) is 0 Å². The molecule has 0 aliphatic heterocycles. The van der Waals surface area contributed by atoms with Crippen LogP contribution in [0, 0.1) is 12.8 Å². The Balaban J connectivity index is 2.07. The van der Waals surface area contributed by atoms with E-state index in [4.69, 9.17) is 5.11 Å². The van der Waals surface area contributed by atoms with Crippen LogP contribution in [0.3, 0.4) is 0 Å². The standard InChI is InChI=1S/C13H16N2O3/c1-7-5-9(6-7)15-12(16)11-4-3-10(13(17)18)8(2)14-11/h3-4,7,9H,5-6H2,1-2H3,(H,15,16)(H,17,18). The van der Waals surface area contributed by atoms with Gasteiger partial charge in [-0.15, -0.1) is 0 Å². The lowest BCUT2D eigenvalue weighted by atomic mass is 9.82. The number of hydrogen-bond acceptors (Lipinski definition) is 3. The molecular weight excluding hydrogens is 232 g/mol. The summed E-state index contributed by atoms with van der Waals surface area (Å²) in [6.45, 7) is 3.73. The fraction of sp³-hybridized carbons (Fsp3) is 0.462. The second kappa shape index (κ2) is 4.76. The number of hydrogen-bond donors (Lipinski definition) is 2. The Labute approximate surface area is 105 Å². The molecule has 2 rings (SSSR count). The molecular formula is C13H16N2O3. The average Bonchev–Trinajstić information content (AvgIpc) is 2.26. The molecule has 1 aliphatic carbocycles. The van der Waals surface area contributed by atoms with E-state index in [1.165, 1.54) is 12.1 Å². The number of aromatic nitrogens is 1. The first-order chi connectivity index (χ1) is 8.47. The van der Waals surface area contributed by atoms with Crippen molar-refractivity contribution in [2.24, 2.45) is 5.92 Å².